The van der Waals surface area contributed by atoms with E-state index >= 15 is 0 Å². The molecule has 2 heteroatoms. The van der Waals surface area contributed by atoms with Gasteiger partial charge in [0.15, 0.2) is 5.78 Å². The van der Waals surface area contributed by atoms with Crippen LogP contribution in [0.2, 0.25) is 0 Å². The number of ketones is 1. The molecule has 0 saturated heterocycles. The third-order valence-corrected chi connectivity index (χ3v) is 2.29. The lowest BCUT2D eigenvalue weighted by Crippen LogP contribution is -1.90. The molecular formula is C13H11NO. The fraction of sp³-hybridized carbons (Fsp3) is 0.0769. The maximum Gasteiger partial charge on any atom is 0.159 e. The number of hydrogen-bond donors (Lipinski definition) is 0. The molecular weight excluding hydrogens is 186 g/mol. The number of pyridine rings is 1. The van der Waals surface area contributed by atoms with E-state index < -0.39 is 0 Å². The molecule has 1 aromatic heterocycles. The van der Waals surface area contributed by atoms with Crippen LogP contribution in [-0.2, 0) is 0 Å². The first-order valence-electron chi connectivity index (χ1n) is 4.79. The Morgan fingerprint density at radius 3 is 2.33 bits per heavy atom. The Hall–Kier alpha value is -1.96. The molecule has 0 fully saturated rings. The van der Waals surface area contributed by atoms with Gasteiger partial charge >= 0.3 is 0 Å². The second-order valence-electron chi connectivity index (χ2n) is 3.38. The number of hydrogen-bond acceptors (Lipinski definition) is 2. The largest absolute Gasteiger partial charge is 0.295 e. The predicted octanol–water partition coefficient (Wildman–Crippen LogP) is 2.95. The van der Waals surface area contributed by atoms with E-state index in [2.05, 4.69) is 4.98 Å². The minimum Gasteiger partial charge on any atom is -0.295 e. The van der Waals surface area contributed by atoms with E-state index in [1.165, 1.54) is 0 Å². The predicted molar refractivity (Wildman–Crippen MR) is 59.7 cm³/mol. The Labute approximate surface area is 88.6 Å². The van der Waals surface area contributed by atoms with Crippen molar-refractivity contribution in [3.05, 3.63) is 54.4 Å². The number of aromatic nitrogens is 1. The molecule has 0 spiro atoms. The molecule has 0 atom stereocenters. The Balaban J connectivity index is 2.36. The topological polar surface area (TPSA) is 30.0 Å². The van der Waals surface area contributed by atoms with Crippen LogP contribution in [-0.4, -0.2) is 10.8 Å². The van der Waals surface area contributed by atoms with Crippen molar-refractivity contribution in [2.75, 3.05) is 0 Å². The van der Waals surface area contributed by atoms with Gasteiger partial charge in [-0.15, -0.1) is 0 Å². The van der Waals surface area contributed by atoms with Gasteiger partial charge in [-0.3, -0.25) is 9.78 Å². The van der Waals surface area contributed by atoms with Crippen LogP contribution >= 0.6 is 0 Å². The van der Waals surface area contributed by atoms with Crippen molar-refractivity contribution in [3.8, 4) is 11.1 Å². The Morgan fingerprint density at radius 2 is 1.80 bits per heavy atom. The highest BCUT2D eigenvalue weighted by Crippen LogP contribution is 2.18. The van der Waals surface area contributed by atoms with Crippen LogP contribution in [0.4, 0.5) is 0 Å². The number of carbonyl (C=O) groups excluding carboxylic acids is 1. The highest BCUT2D eigenvalue weighted by atomic mass is 16.1. The van der Waals surface area contributed by atoms with Gasteiger partial charge in [0.2, 0.25) is 0 Å². The quantitative estimate of drug-likeness (QED) is 0.693. The molecule has 74 valence electrons. The summed E-state index contributed by atoms with van der Waals surface area (Å²) in [5, 5.41) is 0. The lowest BCUT2D eigenvalue weighted by Gasteiger charge is -2.01. The average Bonchev–Trinajstić information content (AvgIpc) is 2.30. The third kappa shape index (κ3) is 2.10. The van der Waals surface area contributed by atoms with Gasteiger partial charge in [0, 0.05) is 18.0 Å². The molecule has 0 amide bonds. The van der Waals surface area contributed by atoms with Gasteiger partial charge in [0.25, 0.3) is 0 Å². The Kier molecular flexibility index (Phi) is 2.59. The van der Waals surface area contributed by atoms with Gasteiger partial charge < -0.3 is 0 Å². The fourth-order valence-corrected chi connectivity index (χ4v) is 1.43. The van der Waals surface area contributed by atoms with Crippen LogP contribution < -0.4 is 0 Å². The first-order chi connectivity index (χ1) is 7.27. The molecule has 0 aliphatic carbocycles. The lowest BCUT2D eigenvalue weighted by atomic mass is 10.0. The SMILES string of the molecule is CC(=O)c1ccc(-c2cccnc2)cc1. The van der Waals surface area contributed by atoms with Crippen molar-refractivity contribution < 1.29 is 4.79 Å². The Bertz CT molecular complexity index is 460. The van der Waals surface area contributed by atoms with Crippen molar-refractivity contribution in [2.45, 2.75) is 6.92 Å². The summed E-state index contributed by atoms with van der Waals surface area (Å²) in [6.45, 7) is 1.57. The molecule has 2 rings (SSSR count). The number of rotatable bonds is 2. The fourth-order valence-electron chi connectivity index (χ4n) is 1.43. The molecule has 0 saturated carbocycles. The number of benzene rings is 1. The molecule has 0 unspecified atom stereocenters. The van der Waals surface area contributed by atoms with E-state index in [0.29, 0.717) is 0 Å². The summed E-state index contributed by atoms with van der Waals surface area (Å²) in [5.41, 5.74) is 2.88. The van der Waals surface area contributed by atoms with Gasteiger partial charge in [-0.05, 0) is 24.1 Å². The van der Waals surface area contributed by atoms with E-state index in [0.717, 1.165) is 16.7 Å². The summed E-state index contributed by atoms with van der Waals surface area (Å²) in [4.78, 5) is 15.1. The van der Waals surface area contributed by atoms with Crippen LogP contribution in [0.15, 0.2) is 48.8 Å². The molecule has 2 aromatic rings. The maximum atomic E-state index is 11.1. The first-order valence-corrected chi connectivity index (χ1v) is 4.79. The number of carbonyl (C=O) groups is 1. The van der Waals surface area contributed by atoms with Gasteiger partial charge in [-0.1, -0.05) is 30.3 Å². The molecule has 2 nitrogen and oxygen atoms in total. The molecule has 0 aliphatic rings. The van der Waals surface area contributed by atoms with Crippen molar-refractivity contribution >= 4 is 5.78 Å². The summed E-state index contributed by atoms with van der Waals surface area (Å²) < 4.78 is 0. The van der Waals surface area contributed by atoms with Gasteiger partial charge in [0.1, 0.15) is 0 Å². The lowest BCUT2D eigenvalue weighted by molar-refractivity contribution is 0.101. The van der Waals surface area contributed by atoms with E-state index in [9.17, 15) is 4.79 Å². The van der Waals surface area contributed by atoms with Crippen LogP contribution in [0.1, 0.15) is 17.3 Å². The third-order valence-electron chi connectivity index (χ3n) is 2.29. The highest BCUT2D eigenvalue weighted by molar-refractivity contribution is 5.94. The van der Waals surface area contributed by atoms with E-state index in [-0.39, 0.29) is 5.78 Å². The van der Waals surface area contributed by atoms with Gasteiger partial charge in [-0.25, -0.2) is 0 Å². The monoisotopic (exact) mass is 197 g/mol. The van der Waals surface area contributed by atoms with Crippen molar-refractivity contribution in [2.24, 2.45) is 0 Å². The summed E-state index contributed by atoms with van der Waals surface area (Å²) >= 11 is 0. The van der Waals surface area contributed by atoms with Crippen LogP contribution in [0.25, 0.3) is 11.1 Å². The average molecular weight is 197 g/mol. The first kappa shape index (κ1) is 9.59. The molecule has 1 heterocycles. The maximum absolute atomic E-state index is 11.1. The summed E-state index contributed by atoms with van der Waals surface area (Å²) in [6.07, 6.45) is 3.55. The molecule has 15 heavy (non-hydrogen) atoms. The summed E-state index contributed by atoms with van der Waals surface area (Å²) in [7, 11) is 0. The number of nitrogens with zero attached hydrogens (tertiary/aromatic N) is 1. The molecule has 0 bridgehead atoms. The smallest absolute Gasteiger partial charge is 0.159 e. The summed E-state index contributed by atoms with van der Waals surface area (Å²) in [5.74, 6) is 0.0905. The van der Waals surface area contributed by atoms with Crippen LogP contribution in [0.5, 0.6) is 0 Å². The van der Waals surface area contributed by atoms with Crippen molar-refractivity contribution in [3.63, 3.8) is 0 Å². The Morgan fingerprint density at radius 1 is 1.07 bits per heavy atom. The van der Waals surface area contributed by atoms with Crippen molar-refractivity contribution in [1.29, 1.82) is 0 Å². The standard InChI is InChI=1S/C13H11NO/c1-10(15)11-4-6-12(7-5-11)13-3-2-8-14-9-13/h2-9H,1H3. The zero-order valence-corrected chi connectivity index (χ0v) is 8.47. The minimum absolute atomic E-state index is 0.0905. The summed E-state index contributed by atoms with van der Waals surface area (Å²) in [6, 6.07) is 11.4. The number of Topliss-reactive ketones (excluding diaryl/α,β-unsaturated/α-hetero) is 1. The zero-order chi connectivity index (χ0) is 10.7. The van der Waals surface area contributed by atoms with E-state index in [1.807, 2.05) is 42.6 Å². The highest BCUT2D eigenvalue weighted by Gasteiger charge is 2.00. The van der Waals surface area contributed by atoms with Gasteiger partial charge in [-0.2, -0.15) is 0 Å². The molecule has 0 aliphatic heterocycles. The van der Waals surface area contributed by atoms with Crippen LogP contribution in [0, 0.1) is 0 Å². The van der Waals surface area contributed by atoms with Crippen LogP contribution in [0.3, 0.4) is 0 Å². The zero-order valence-electron chi connectivity index (χ0n) is 8.47. The van der Waals surface area contributed by atoms with E-state index in [1.54, 1.807) is 13.1 Å². The van der Waals surface area contributed by atoms with Gasteiger partial charge in [0.05, 0.1) is 0 Å². The molecule has 1 aromatic carbocycles. The van der Waals surface area contributed by atoms with E-state index in [4.69, 9.17) is 0 Å². The molecule has 0 N–H and O–H groups in total. The second-order valence-corrected chi connectivity index (χ2v) is 3.38. The minimum atomic E-state index is 0.0905. The molecule has 0 radical (unpaired) electrons. The van der Waals surface area contributed by atoms with Crippen molar-refractivity contribution in [1.82, 2.24) is 4.98 Å². The normalized spacial score (nSPS) is 9.93. The second kappa shape index (κ2) is 4.05.